The Labute approximate surface area is 187 Å². The molecule has 0 bridgehead atoms. The highest BCUT2D eigenvalue weighted by Crippen LogP contribution is 2.20. The van der Waals surface area contributed by atoms with Crippen LogP contribution in [0.15, 0.2) is 54.0 Å². The minimum atomic E-state index is -1.03. The average molecular weight is 453 g/mol. The summed E-state index contributed by atoms with van der Waals surface area (Å²) in [6.45, 7) is 3.78. The van der Waals surface area contributed by atoms with E-state index in [1.54, 1.807) is 41.3 Å². The Morgan fingerprint density at radius 3 is 2.78 bits per heavy atom. The molecule has 0 saturated heterocycles. The maximum atomic E-state index is 13.7. The van der Waals surface area contributed by atoms with Gasteiger partial charge in [0.25, 0.3) is 11.8 Å². The van der Waals surface area contributed by atoms with Gasteiger partial charge in [0.15, 0.2) is 23.3 Å². The van der Waals surface area contributed by atoms with Gasteiger partial charge < -0.3 is 4.74 Å². The van der Waals surface area contributed by atoms with E-state index in [1.807, 2.05) is 17.5 Å². The number of nitrogens with one attached hydrogen (secondary N) is 2. The maximum Gasteiger partial charge on any atom is 0.279 e. The number of carbonyl (C=O) groups excluding carboxylic acids is 2. The number of halogens is 1. The van der Waals surface area contributed by atoms with E-state index in [0.29, 0.717) is 28.8 Å². The Kier molecular flexibility index (Phi) is 6.13. The van der Waals surface area contributed by atoms with Crippen molar-refractivity contribution in [3.63, 3.8) is 0 Å². The molecule has 8 nitrogen and oxygen atoms in total. The molecule has 32 heavy (non-hydrogen) atoms. The predicted molar refractivity (Wildman–Crippen MR) is 118 cm³/mol. The highest BCUT2D eigenvalue weighted by molar-refractivity contribution is 7.09. The molecule has 3 aromatic heterocycles. The van der Waals surface area contributed by atoms with Gasteiger partial charge in [-0.25, -0.2) is 14.1 Å². The van der Waals surface area contributed by atoms with E-state index in [-0.39, 0.29) is 5.75 Å². The Morgan fingerprint density at radius 1 is 1.22 bits per heavy atom. The topological polar surface area (TPSA) is 98.1 Å². The highest BCUT2D eigenvalue weighted by atomic mass is 32.1. The van der Waals surface area contributed by atoms with Gasteiger partial charge in [0, 0.05) is 10.6 Å². The second-order valence-electron chi connectivity index (χ2n) is 7.06. The van der Waals surface area contributed by atoms with Gasteiger partial charge in [-0.2, -0.15) is 5.10 Å². The van der Waals surface area contributed by atoms with Gasteiger partial charge in [0.1, 0.15) is 0 Å². The van der Waals surface area contributed by atoms with Gasteiger partial charge >= 0.3 is 0 Å². The predicted octanol–water partition coefficient (Wildman–Crippen LogP) is 3.22. The van der Waals surface area contributed by atoms with Crippen molar-refractivity contribution in [3.05, 3.63) is 76.0 Å². The zero-order valence-electron chi connectivity index (χ0n) is 17.3. The summed E-state index contributed by atoms with van der Waals surface area (Å²) in [5.41, 5.74) is 6.23. The lowest BCUT2D eigenvalue weighted by molar-refractivity contribution is -0.128. The SMILES string of the molecule is Cc1cc(C(=O)NNC(=O)C(C)Oc2ccccc2F)c2cnn(Cc3cccs3)c2n1. The summed E-state index contributed by atoms with van der Waals surface area (Å²) in [7, 11) is 0. The molecular weight excluding hydrogens is 433 g/mol. The first-order valence-electron chi connectivity index (χ1n) is 9.79. The van der Waals surface area contributed by atoms with Crippen LogP contribution in [0.2, 0.25) is 0 Å². The first kappa shape index (κ1) is 21.4. The molecule has 4 aromatic rings. The molecule has 10 heteroatoms. The lowest BCUT2D eigenvalue weighted by atomic mass is 10.1. The van der Waals surface area contributed by atoms with E-state index in [9.17, 15) is 14.0 Å². The van der Waals surface area contributed by atoms with Gasteiger partial charge in [-0.3, -0.25) is 20.4 Å². The number of pyridine rings is 1. The smallest absolute Gasteiger partial charge is 0.279 e. The van der Waals surface area contributed by atoms with Crippen LogP contribution in [-0.4, -0.2) is 32.7 Å². The number of hydrogen-bond acceptors (Lipinski definition) is 6. The maximum absolute atomic E-state index is 13.7. The molecule has 1 unspecified atom stereocenters. The largest absolute Gasteiger partial charge is 0.478 e. The summed E-state index contributed by atoms with van der Waals surface area (Å²) in [6.07, 6.45) is 0.552. The normalized spacial score (nSPS) is 11.8. The third kappa shape index (κ3) is 4.59. The third-order valence-electron chi connectivity index (χ3n) is 4.68. The number of aryl methyl sites for hydroxylation is 1. The minimum Gasteiger partial charge on any atom is -0.478 e. The molecule has 0 aliphatic heterocycles. The first-order valence-corrected chi connectivity index (χ1v) is 10.7. The van der Waals surface area contributed by atoms with Crippen molar-refractivity contribution < 1.29 is 18.7 Å². The summed E-state index contributed by atoms with van der Waals surface area (Å²) in [5, 5.41) is 6.92. The summed E-state index contributed by atoms with van der Waals surface area (Å²) in [4.78, 5) is 30.7. The molecule has 0 saturated carbocycles. The van der Waals surface area contributed by atoms with E-state index >= 15 is 0 Å². The number of thiophene rings is 1. The molecule has 2 N–H and O–H groups in total. The minimum absolute atomic E-state index is 0.0499. The molecule has 0 radical (unpaired) electrons. The van der Waals surface area contributed by atoms with Crippen molar-refractivity contribution in [2.45, 2.75) is 26.5 Å². The number of ether oxygens (including phenoxy) is 1. The van der Waals surface area contributed by atoms with Crippen LogP contribution < -0.4 is 15.6 Å². The van der Waals surface area contributed by atoms with Gasteiger partial charge in [0.2, 0.25) is 0 Å². The van der Waals surface area contributed by atoms with E-state index in [1.165, 1.54) is 25.1 Å². The number of carbonyl (C=O) groups is 2. The number of hydrazine groups is 1. The summed E-state index contributed by atoms with van der Waals surface area (Å²) in [5.74, 6) is -1.78. The molecule has 164 valence electrons. The third-order valence-corrected chi connectivity index (χ3v) is 5.54. The van der Waals surface area contributed by atoms with Crippen molar-refractivity contribution in [1.29, 1.82) is 0 Å². The fourth-order valence-corrected chi connectivity index (χ4v) is 3.78. The van der Waals surface area contributed by atoms with Gasteiger partial charge in [-0.05, 0) is 43.5 Å². The standard InChI is InChI=1S/C22H20FN5O3S/c1-13-10-16(17-11-24-28(20(17)25-13)12-15-6-5-9-32-15)22(30)27-26-21(29)14(2)31-19-8-4-3-7-18(19)23/h3-11,14H,12H2,1-2H3,(H,26,29)(H,27,30). The number of hydrogen-bond donors (Lipinski definition) is 2. The van der Waals surface area contributed by atoms with Crippen molar-refractivity contribution >= 4 is 34.2 Å². The van der Waals surface area contributed by atoms with Crippen LogP contribution in [0.25, 0.3) is 11.0 Å². The fourth-order valence-electron chi connectivity index (χ4n) is 3.10. The van der Waals surface area contributed by atoms with Crippen molar-refractivity contribution in [1.82, 2.24) is 25.6 Å². The van der Waals surface area contributed by atoms with E-state index in [2.05, 4.69) is 20.9 Å². The molecule has 1 aromatic carbocycles. The Hall–Kier alpha value is -3.79. The quantitative estimate of drug-likeness (QED) is 0.437. The van der Waals surface area contributed by atoms with Crippen molar-refractivity contribution in [2.75, 3.05) is 0 Å². The van der Waals surface area contributed by atoms with Crippen molar-refractivity contribution in [2.24, 2.45) is 0 Å². The second-order valence-corrected chi connectivity index (χ2v) is 8.10. The number of para-hydroxylation sites is 1. The molecule has 0 aliphatic carbocycles. The number of nitrogens with zero attached hydrogens (tertiary/aromatic N) is 3. The van der Waals surface area contributed by atoms with E-state index < -0.39 is 23.7 Å². The Bertz CT molecular complexity index is 1270. The fraction of sp³-hybridized carbons (Fsp3) is 0.182. The molecular formula is C22H20FN5O3S. The van der Waals surface area contributed by atoms with E-state index in [4.69, 9.17) is 4.74 Å². The first-order chi connectivity index (χ1) is 15.4. The van der Waals surface area contributed by atoms with Crippen LogP contribution in [0.3, 0.4) is 0 Å². The molecule has 0 aliphatic rings. The van der Waals surface area contributed by atoms with Crippen LogP contribution in [0.1, 0.15) is 27.9 Å². The van der Waals surface area contributed by atoms with Gasteiger partial charge in [-0.15, -0.1) is 11.3 Å². The number of benzene rings is 1. The number of fused-ring (bicyclic) bond motifs is 1. The monoisotopic (exact) mass is 453 g/mol. The molecule has 2 amide bonds. The van der Waals surface area contributed by atoms with Crippen LogP contribution in [0.5, 0.6) is 5.75 Å². The van der Waals surface area contributed by atoms with Crippen LogP contribution in [-0.2, 0) is 11.3 Å². The van der Waals surface area contributed by atoms with Crippen molar-refractivity contribution in [3.8, 4) is 5.75 Å². The van der Waals surface area contributed by atoms with Gasteiger partial charge in [0.05, 0.1) is 23.7 Å². The molecule has 3 heterocycles. The highest BCUT2D eigenvalue weighted by Gasteiger charge is 2.20. The number of rotatable bonds is 6. The summed E-state index contributed by atoms with van der Waals surface area (Å²) < 4.78 is 20.8. The van der Waals surface area contributed by atoms with E-state index in [0.717, 1.165) is 4.88 Å². The number of amides is 2. The Morgan fingerprint density at radius 2 is 2.03 bits per heavy atom. The zero-order valence-corrected chi connectivity index (χ0v) is 18.1. The Balaban J connectivity index is 1.46. The average Bonchev–Trinajstić information content (AvgIpc) is 3.43. The molecule has 4 rings (SSSR count). The van der Waals surface area contributed by atoms with Crippen LogP contribution >= 0.6 is 11.3 Å². The zero-order chi connectivity index (χ0) is 22.7. The van der Waals surface area contributed by atoms with Gasteiger partial charge in [-0.1, -0.05) is 18.2 Å². The van der Waals surface area contributed by atoms with Crippen LogP contribution in [0.4, 0.5) is 4.39 Å². The summed E-state index contributed by atoms with van der Waals surface area (Å²) >= 11 is 1.61. The molecule has 0 spiro atoms. The molecule has 0 fully saturated rings. The molecule has 1 atom stereocenters. The summed E-state index contributed by atoms with van der Waals surface area (Å²) in [6, 6.07) is 11.4. The number of aromatic nitrogens is 3. The lowest BCUT2D eigenvalue weighted by Crippen LogP contribution is -2.47. The van der Waals surface area contributed by atoms with Crippen LogP contribution in [0, 0.1) is 12.7 Å². The second kappa shape index (κ2) is 9.15. The lowest BCUT2D eigenvalue weighted by Gasteiger charge is -2.15.